The Balaban J connectivity index is 2.28. The summed E-state index contributed by atoms with van der Waals surface area (Å²) in [5.41, 5.74) is 8.50. The van der Waals surface area contributed by atoms with Crippen molar-refractivity contribution in [1.29, 1.82) is 0 Å². The zero-order valence-corrected chi connectivity index (χ0v) is 11.3. The highest BCUT2D eigenvalue weighted by atomic mass is 14.3. The van der Waals surface area contributed by atoms with Crippen molar-refractivity contribution >= 4 is 10.8 Å². The van der Waals surface area contributed by atoms with Gasteiger partial charge in [-0.05, 0) is 57.5 Å². The van der Waals surface area contributed by atoms with E-state index in [1.807, 2.05) is 0 Å². The maximum absolute atomic E-state index is 2.30. The second kappa shape index (κ2) is 3.71. The fraction of sp³-hybridized carbons (Fsp3) is 0.158. The zero-order valence-electron chi connectivity index (χ0n) is 11.3. The monoisotopic (exact) mass is 244 g/mol. The van der Waals surface area contributed by atoms with Crippen LogP contribution in [0.4, 0.5) is 0 Å². The highest BCUT2D eigenvalue weighted by Crippen LogP contribution is 2.49. The Morgan fingerprint density at radius 2 is 1.58 bits per heavy atom. The molecule has 0 unspecified atom stereocenters. The zero-order chi connectivity index (χ0) is 13.0. The Morgan fingerprint density at radius 3 is 2.37 bits per heavy atom. The van der Waals surface area contributed by atoms with Crippen LogP contribution in [0.2, 0.25) is 0 Å². The summed E-state index contributed by atoms with van der Waals surface area (Å²) in [6, 6.07) is 17.9. The number of hydrogen-bond acceptors (Lipinski definition) is 0. The van der Waals surface area contributed by atoms with Gasteiger partial charge in [-0.3, -0.25) is 0 Å². The Hall–Kier alpha value is -2.08. The maximum Gasteiger partial charge on any atom is -0.00209 e. The van der Waals surface area contributed by atoms with Crippen LogP contribution in [-0.2, 0) is 6.42 Å². The average molecular weight is 244 g/mol. The van der Waals surface area contributed by atoms with Crippen molar-refractivity contribution in [2.45, 2.75) is 20.3 Å². The van der Waals surface area contributed by atoms with Gasteiger partial charge in [0, 0.05) is 0 Å². The van der Waals surface area contributed by atoms with Crippen molar-refractivity contribution in [2.75, 3.05) is 0 Å². The van der Waals surface area contributed by atoms with E-state index in [9.17, 15) is 0 Å². The van der Waals surface area contributed by atoms with Crippen LogP contribution in [-0.4, -0.2) is 0 Å². The second-order valence-corrected chi connectivity index (χ2v) is 5.35. The summed E-state index contributed by atoms with van der Waals surface area (Å²) in [6.07, 6.45) is 1.09. The standard InChI is InChI=1S/C19H16/c1-3-13-9-11-14-12(2)8-10-17-15-6-4-5-7-16(15)18(13)19(14)17/h4-11H,3H2,1-2H3. The van der Waals surface area contributed by atoms with Crippen LogP contribution in [0.5, 0.6) is 0 Å². The van der Waals surface area contributed by atoms with Gasteiger partial charge in [0.05, 0.1) is 0 Å². The molecule has 3 aromatic rings. The summed E-state index contributed by atoms with van der Waals surface area (Å²) in [5, 5.41) is 2.86. The predicted molar refractivity (Wildman–Crippen MR) is 82.5 cm³/mol. The Morgan fingerprint density at radius 1 is 0.789 bits per heavy atom. The van der Waals surface area contributed by atoms with E-state index in [0.29, 0.717) is 0 Å². The highest BCUT2D eigenvalue weighted by molar-refractivity contribution is 6.16. The third-order valence-corrected chi connectivity index (χ3v) is 4.35. The molecule has 1 aliphatic rings. The summed E-state index contributed by atoms with van der Waals surface area (Å²) < 4.78 is 0. The van der Waals surface area contributed by atoms with Crippen molar-refractivity contribution in [1.82, 2.24) is 0 Å². The van der Waals surface area contributed by atoms with Gasteiger partial charge in [-0.2, -0.15) is 0 Å². The summed E-state index contributed by atoms with van der Waals surface area (Å²) >= 11 is 0. The van der Waals surface area contributed by atoms with E-state index in [4.69, 9.17) is 0 Å². The van der Waals surface area contributed by atoms with Crippen molar-refractivity contribution in [2.24, 2.45) is 0 Å². The molecule has 4 rings (SSSR count). The highest BCUT2D eigenvalue weighted by Gasteiger charge is 2.23. The fourth-order valence-electron chi connectivity index (χ4n) is 3.40. The van der Waals surface area contributed by atoms with Crippen LogP contribution in [0, 0.1) is 6.92 Å². The van der Waals surface area contributed by atoms with Gasteiger partial charge in [0.15, 0.2) is 0 Å². The molecule has 0 radical (unpaired) electrons. The lowest BCUT2D eigenvalue weighted by atomic mass is 9.94. The molecule has 0 nitrogen and oxygen atoms in total. The minimum Gasteiger partial charge on any atom is -0.0616 e. The fourth-order valence-corrected chi connectivity index (χ4v) is 3.40. The molecule has 0 spiro atoms. The van der Waals surface area contributed by atoms with Crippen molar-refractivity contribution in [3.05, 3.63) is 59.7 Å². The Labute approximate surface area is 113 Å². The van der Waals surface area contributed by atoms with Gasteiger partial charge in [0.2, 0.25) is 0 Å². The molecule has 0 amide bonds. The molecule has 19 heavy (non-hydrogen) atoms. The first-order valence-corrected chi connectivity index (χ1v) is 6.96. The normalized spacial score (nSPS) is 11.9. The smallest absolute Gasteiger partial charge is 0.00209 e. The molecule has 0 saturated heterocycles. The molecule has 3 aromatic carbocycles. The minimum absolute atomic E-state index is 1.09. The number of hydrogen-bond donors (Lipinski definition) is 0. The molecule has 1 aliphatic carbocycles. The second-order valence-electron chi connectivity index (χ2n) is 5.35. The first kappa shape index (κ1) is 10.8. The first-order chi connectivity index (χ1) is 9.31. The molecule has 0 aliphatic heterocycles. The van der Waals surface area contributed by atoms with Crippen LogP contribution >= 0.6 is 0 Å². The molecule has 92 valence electrons. The molecule has 0 fully saturated rings. The minimum atomic E-state index is 1.09. The molecule has 0 heterocycles. The lowest BCUT2D eigenvalue weighted by molar-refractivity contribution is 1.15. The third-order valence-electron chi connectivity index (χ3n) is 4.35. The van der Waals surface area contributed by atoms with Crippen molar-refractivity contribution in [3.8, 4) is 22.3 Å². The van der Waals surface area contributed by atoms with E-state index >= 15 is 0 Å². The van der Waals surface area contributed by atoms with E-state index < -0.39 is 0 Å². The van der Waals surface area contributed by atoms with Crippen LogP contribution < -0.4 is 0 Å². The topological polar surface area (TPSA) is 0 Å². The summed E-state index contributed by atoms with van der Waals surface area (Å²) in [5.74, 6) is 0. The van der Waals surface area contributed by atoms with Crippen molar-refractivity contribution < 1.29 is 0 Å². The van der Waals surface area contributed by atoms with Gasteiger partial charge in [0.1, 0.15) is 0 Å². The molecular formula is C19H16. The van der Waals surface area contributed by atoms with Crippen LogP contribution in [0.15, 0.2) is 48.5 Å². The lowest BCUT2D eigenvalue weighted by Crippen LogP contribution is -1.87. The SMILES string of the molecule is CCc1ccc2c(C)ccc3c2c1-c1ccccc1-3. The van der Waals surface area contributed by atoms with Gasteiger partial charge < -0.3 is 0 Å². The van der Waals surface area contributed by atoms with Crippen LogP contribution in [0.1, 0.15) is 18.1 Å². The van der Waals surface area contributed by atoms with Crippen LogP contribution in [0.25, 0.3) is 33.0 Å². The van der Waals surface area contributed by atoms with Crippen molar-refractivity contribution in [3.63, 3.8) is 0 Å². The molecule has 0 heteroatoms. The van der Waals surface area contributed by atoms with Gasteiger partial charge in [-0.25, -0.2) is 0 Å². The number of fused-ring (bicyclic) bond motifs is 3. The predicted octanol–water partition coefficient (Wildman–Crippen LogP) is 5.36. The lowest BCUT2D eigenvalue weighted by Gasteiger charge is -2.09. The van der Waals surface area contributed by atoms with Crippen LogP contribution in [0.3, 0.4) is 0 Å². The quantitative estimate of drug-likeness (QED) is 0.423. The Bertz CT molecular complexity index is 810. The number of rotatable bonds is 1. The van der Waals surface area contributed by atoms with Gasteiger partial charge in [-0.15, -0.1) is 0 Å². The Kier molecular flexibility index (Phi) is 2.11. The summed E-state index contributed by atoms with van der Waals surface area (Å²) in [6.45, 7) is 4.45. The molecule has 0 atom stereocenters. The van der Waals surface area contributed by atoms with E-state index in [0.717, 1.165) is 6.42 Å². The largest absolute Gasteiger partial charge is 0.0616 e. The van der Waals surface area contributed by atoms with Gasteiger partial charge in [-0.1, -0.05) is 55.5 Å². The number of aryl methyl sites for hydroxylation is 2. The first-order valence-electron chi connectivity index (χ1n) is 6.96. The van der Waals surface area contributed by atoms with E-state index in [2.05, 4.69) is 62.4 Å². The average Bonchev–Trinajstić information content (AvgIpc) is 2.79. The summed E-state index contributed by atoms with van der Waals surface area (Å²) in [7, 11) is 0. The maximum atomic E-state index is 2.30. The molecule has 0 aromatic heterocycles. The van der Waals surface area contributed by atoms with E-state index in [1.165, 1.54) is 44.2 Å². The van der Waals surface area contributed by atoms with E-state index in [-0.39, 0.29) is 0 Å². The number of benzene rings is 3. The van der Waals surface area contributed by atoms with Gasteiger partial charge >= 0.3 is 0 Å². The molecular weight excluding hydrogens is 228 g/mol. The van der Waals surface area contributed by atoms with Gasteiger partial charge in [0.25, 0.3) is 0 Å². The third kappa shape index (κ3) is 1.29. The molecule has 0 N–H and O–H groups in total. The summed E-state index contributed by atoms with van der Waals surface area (Å²) in [4.78, 5) is 0. The van der Waals surface area contributed by atoms with E-state index in [1.54, 1.807) is 0 Å². The molecule has 0 bridgehead atoms. The molecule has 0 saturated carbocycles.